The van der Waals surface area contributed by atoms with E-state index in [1.54, 1.807) is 23.1 Å². The van der Waals surface area contributed by atoms with Gasteiger partial charge in [-0.2, -0.15) is 0 Å². The number of nitrogens with zero attached hydrogens (tertiary/aromatic N) is 1. The van der Waals surface area contributed by atoms with Crippen LogP contribution in [0.15, 0.2) is 22.7 Å². The molecule has 0 aromatic heterocycles. The average molecular weight is 285 g/mol. The zero-order valence-corrected chi connectivity index (χ0v) is 10.3. The number of aliphatic hydroxyl groups excluding tert-OH is 1. The molecule has 1 fully saturated rings. The fourth-order valence-corrected chi connectivity index (χ4v) is 2.22. The Morgan fingerprint density at radius 2 is 2.31 bits per heavy atom. The summed E-state index contributed by atoms with van der Waals surface area (Å²) in [5.41, 5.74) is 6.76. The van der Waals surface area contributed by atoms with Gasteiger partial charge < -0.3 is 15.7 Å². The lowest BCUT2D eigenvalue weighted by atomic mass is 10.2. The molecule has 4 nitrogen and oxygen atoms in total. The first-order valence-electron chi connectivity index (χ1n) is 5.10. The minimum Gasteiger partial charge on any atom is -0.399 e. The van der Waals surface area contributed by atoms with Gasteiger partial charge in [-0.05, 0) is 40.5 Å². The van der Waals surface area contributed by atoms with E-state index < -0.39 is 6.10 Å². The fraction of sp³-hybridized carbons (Fsp3) is 0.364. The Hall–Kier alpha value is -1.07. The zero-order chi connectivity index (χ0) is 11.7. The SMILES string of the molecule is Nc1ccc(Br)c(C(=O)N2CC[C@@H](O)C2)c1. The normalized spacial score (nSPS) is 20.1. The average Bonchev–Trinajstić information content (AvgIpc) is 2.67. The largest absolute Gasteiger partial charge is 0.399 e. The van der Waals surface area contributed by atoms with Gasteiger partial charge in [0.25, 0.3) is 5.91 Å². The van der Waals surface area contributed by atoms with Crippen LogP contribution in [0.2, 0.25) is 0 Å². The third-order valence-corrected chi connectivity index (χ3v) is 3.36. The highest BCUT2D eigenvalue weighted by Gasteiger charge is 2.26. The second kappa shape index (κ2) is 4.43. The van der Waals surface area contributed by atoms with Gasteiger partial charge in [0, 0.05) is 23.2 Å². The quantitative estimate of drug-likeness (QED) is 0.763. The summed E-state index contributed by atoms with van der Waals surface area (Å²) in [7, 11) is 0. The molecule has 1 amide bonds. The maximum atomic E-state index is 12.1. The number of nitrogen functional groups attached to an aromatic ring is 1. The summed E-state index contributed by atoms with van der Waals surface area (Å²) in [4.78, 5) is 13.7. The Morgan fingerprint density at radius 3 is 2.94 bits per heavy atom. The third kappa shape index (κ3) is 2.20. The summed E-state index contributed by atoms with van der Waals surface area (Å²) in [6.07, 6.45) is 0.245. The molecule has 16 heavy (non-hydrogen) atoms. The summed E-state index contributed by atoms with van der Waals surface area (Å²) >= 11 is 3.33. The first-order valence-corrected chi connectivity index (χ1v) is 5.89. The van der Waals surface area contributed by atoms with Gasteiger partial charge >= 0.3 is 0 Å². The van der Waals surface area contributed by atoms with Gasteiger partial charge in [-0.3, -0.25) is 4.79 Å². The summed E-state index contributed by atoms with van der Waals surface area (Å²) in [5.74, 6) is -0.0873. The van der Waals surface area contributed by atoms with E-state index in [9.17, 15) is 9.90 Å². The van der Waals surface area contributed by atoms with E-state index in [4.69, 9.17) is 5.73 Å². The Labute approximate surface area is 102 Å². The van der Waals surface area contributed by atoms with Crippen LogP contribution in [0.1, 0.15) is 16.8 Å². The van der Waals surface area contributed by atoms with Crippen molar-refractivity contribution in [1.82, 2.24) is 4.90 Å². The summed E-state index contributed by atoms with van der Waals surface area (Å²) in [5, 5.41) is 9.39. The second-order valence-electron chi connectivity index (χ2n) is 3.93. The lowest BCUT2D eigenvalue weighted by Crippen LogP contribution is -2.29. The zero-order valence-electron chi connectivity index (χ0n) is 8.69. The predicted molar refractivity (Wildman–Crippen MR) is 65.1 cm³/mol. The molecule has 0 spiro atoms. The van der Waals surface area contributed by atoms with Gasteiger partial charge in [-0.25, -0.2) is 0 Å². The Bertz CT molecular complexity index is 422. The van der Waals surface area contributed by atoms with Crippen molar-refractivity contribution in [3.63, 3.8) is 0 Å². The monoisotopic (exact) mass is 284 g/mol. The maximum Gasteiger partial charge on any atom is 0.255 e. The van der Waals surface area contributed by atoms with Crippen molar-refractivity contribution in [2.45, 2.75) is 12.5 Å². The molecule has 3 N–H and O–H groups in total. The lowest BCUT2D eigenvalue weighted by molar-refractivity contribution is 0.0764. The molecule has 1 saturated heterocycles. The molecule has 0 unspecified atom stereocenters. The van der Waals surface area contributed by atoms with Gasteiger partial charge in [0.2, 0.25) is 0 Å². The van der Waals surface area contributed by atoms with Gasteiger partial charge in [0.1, 0.15) is 0 Å². The van der Waals surface area contributed by atoms with Crippen LogP contribution in [0.25, 0.3) is 0 Å². The van der Waals surface area contributed by atoms with Gasteiger partial charge in [-0.1, -0.05) is 0 Å². The predicted octanol–water partition coefficient (Wildman–Crippen LogP) is 1.24. The number of hydrogen-bond acceptors (Lipinski definition) is 3. The molecule has 86 valence electrons. The van der Waals surface area contributed by atoms with Crippen LogP contribution >= 0.6 is 15.9 Å². The first-order chi connectivity index (χ1) is 7.58. The van der Waals surface area contributed by atoms with Crippen molar-refractivity contribution in [1.29, 1.82) is 0 Å². The Morgan fingerprint density at radius 1 is 1.56 bits per heavy atom. The number of amides is 1. The second-order valence-corrected chi connectivity index (χ2v) is 4.79. The number of aliphatic hydroxyl groups is 1. The molecule has 0 saturated carbocycles. The Kier molecular flexibility index (Phi) is 3.16. The maximum absolute atomic E-state index is 12.1. The number of carbonyl (C=O) groups excluding carboxylic acids is 1. The smallest absolute Gasteiger partial charge is 0.255 e. The van der Waals surface area contributed by atoms with Crippen molar-refractivity contribution in [2.75, 3.05) is 18.8 Å². The Balaban J connectivity index is 2.23. The van der Waals surface area contributed by atoms with Gasteiger partial charge in [0.05, 0.1) is 11.7 Å². The summed E-state index contributed by atoms with van der Waals surface area (Å²) < 4.78 is 0.730. The van der Waals surface area contributed by atoms with Crippen molar-refractivity contribution < 1.29 is 9.90 Å². The number of carbonyl (C=O) groups is 1. The van der Waals surface area contributed by atoms with Crippen LogP contribution in [0, 0.1) is 0 Å². The van der Waals surface area contributed by atoms with Crippen LogP contribution in [-0.4, -0.2) is 35.1 Å². The standard InChI is InChI=1S/C11H13BrN2O2/c12-10-2-1-7(13)5-9(10)11(16)14-4-3-8(15)6-14/h1-2,5,8,15H,3-4,6,13H2/t8-/m1/s1. The molecule has 1 aromatic carbocycles. The molecule has 1 aliphatic heterocycles. The van der Waals surface area contributed by atoms with Crippen LogP contribution in [0.3, 0.4) is 0 Å². The van der Waals surface area contributed by atoms with Crippen molar-refractivity contribution in [3.8, 4) is 0 Å². The number of nitrogens with two attached hydrogens (primary N) is 1. The van der Waals surface area contributed by atoms with E-state index in [0.29, 0.717) is 30.8 Å². The molecule has 1 atom stereocenters. The highest BCUT2D eigenvalue weighted by atomic mass is 79.9. The van der Waals surface area contributed by atoms with E-state index in [0.717, 1.165) is 4.47 Å². The van der Waals surface area contributed by atoms with E-state index in [2.05, 4.69) is 15.9 Å². The topological polar surface area (TPSA) is 66.6 Å². The number of rotatable bonds is 1. The van der Waals surface area contributed by atoms with Crippen LogP contribution < -0.4 is 5.73 Å². The molecule has 2 rings (SSSR count). The van der Waals surface area contributed by atoms with E-state index in [1.807, 2.05) is 0 Å². The fourth-order valence-electron chi connectivity index (χ4n) is 1.80. The lowest BCUT2D eigenvalue weighted by Gasteiger charge is -2.16. The minimum atomic E-state index is -0.399. The molecule has 0 bridgehead atoms. The first kappa shape index (κ1) is 11.4. The molecule has 0 aliphatic carbocycles. The van der Waals surface area contributed by atoms with Crippen molar-refractivity contribution >= 4 is 27.5 Å². The number of halogens is 1. The van der Waals surface area contributed by atoms with Crippen LogP contribution in [0.5, 0.6) is 0 Å². The number of anilines is 1. The minimum absolute atomic E-state index is 0.0873. The summed E-state index contributed by atoms with van der Waals surface area (Å²) in [6.45, 7) is 1.00. The molecule has 1 aromatic rings. The van der Waals surface area contributed by atoms with E-state index in [-0.39, 0.29) is 5.91 Å². The van der Waals surface area contributed by atoms with E-state index >= 15 is 0 Å². The van der Waals surface area contributed by atoms with Crippen molar-refractivity contribution in [3.05, 3.63) is 28.2 Å². The molecular formula is C11H13BrN2O2. The molecule has 1 heterocycles. The molecular weight excluding hydrogens is 272 g/mol. The molecule has 0 radical (unpaired) electrons. The highest BCUT2D eigenvalue weighted by molar-refractivity contribution is 9.10. The number of likely N-dealkylation sites (tertiary alicyclic amines) is 1. The number of β-amino-alcohol motifs (C(OH)–C–C–N with tert-alkyl or cyclic N) is 1. The van der Waals surface area contributed by atoms with E-state index in [1.165, 1.54) is 0 Å². The number of hydrogen-bond donors (Lipinski definition) is 2. The van der Waals surface area contributed by atoms with Gasteiger partial charge in [-0.15, -0.1) is 0 Å². The molecule has 1 aliphatic rings. The van der Waals surface area contributed by atoms with Crippen LogP contribution in [0.4, 0.5) is 5.69 Å². The van der Waals surface area contributed by atoms with Crippen molar-refractivity contribution in [2.24, 2.45) is 0 Å². The van der Waals surface area contributed by atoms with Gasteiger partial charge in [0.15, 0.2) is 0 Å². The van der Waals surface area contributed by atoms with Crippen LogP contribution in [-0.2, 0) is 0 Å². The molecule has 5 heteroatoms. The highest BCUT2D eigenvalue weighted by Crippen LogP contribution is 2.23. The number of benzene rings is 1. The third-order valence-electron chi connectivity index (χ3n) is 2.67. The summed E-state index contributed by atoms with van der Waals surface area (Å²) in [6, 6.07) is 5.14.